The molecule has 100 valence electrons. The van der Waals surface area contributed by atoms with E-state index in [1.165, 1.54) is 56.4 Å². The topological polar surface area (TPSA) is 25.2 Å². The summed E-state index contributed by atoms with van der Waals surface area (Å²) in [7, 11) is 0. The molecular formula is C16H25NO. The Morgan fingerprint density at radius 1 is 1.22 bits per heavy atom. The van der Waals surface area contributed by atoms with E-state index in [2.05, 4.69) is 18.3 Å². The number of nitrogens with one attached hydrogen (secondary N) is 1. The monoisotopic (exact) mass is 247 g/mol. The number of furan rings is 1. The van der Waals surface area contributed by atoms with Crippen LogP contribution in [0.4, 0.5) is 0 Å². The average molecular weight is 247 g/mol. The fourth-order valence-electron chi connectivity index (χ4n) is 3.54. The number of rotatable bonds is 3. The molecule has 0 aliphatic heterocycles. The highest BCUT2D eigenvalue weighted by Gasteiger charge is 2.24. The van der Waals surface area contributed by atoms with Crippen LogP contribution in [-0.2, 0) is 6.42 Å². The first-order chi connectivity index (χ1) is 8.83. The van der Waals surface area contributed by atoms with Crippen molar-refractivity contribution in [2.75, 3.05) is 6.54 Å². The molecule has 1 N–H and O–H groups in total. The van der Waals surface area contributed by atoms with Crippen LogP contribution >= 0.6 is 0 Å². The minimum atomic E-state index is 0.548. The molecule has 3 rings (SSSR count). The third-order valence-electron chi connectivity index (χ3n) is 4.84. The summed E-state index contributed by atoms with van der Waals surface area (Å²) in [5.41, 5.74) is 1.42. The van der Waals surface area contributed by atoms with Gasteiger partial charge in [-0.2, -0.15) is 0 Å². The molecule has 0 bridgehead atoms. The molecule has 2 nitrogen and oxygen atoms in total. The fraction of sp³-hybridized carbons (Fsp3) is 0.750. The first kappa shape index (κ1) is 12.3. The van der Waals surface area contributed by atoms with E-state index in [0.29, 0.717) is 6.04 Å². The van der Waals surface area contributed by atoms with E-state index < -0.39 is 0 Å². The third-order valence-corrected chi connectivity index (χ3v) is 4.84. The van der Waals surface area contributed by atoms with Crippen LogP contribution in [0.15, 0.2) is 16.7 Å². The van der Waals surface area contributed by atoms with Gasteiger partial charge in [-0.05, 0) is 50.1 Å². The van der Waals surface area contributed by atoms with E-state index in [4.69, 9.17) is 4.42 Å². The van der Waals surface area contributed by atoms with Crippen molar-refractivity contribution < 1.29 is 4.42 Å². The standard InChI is InChI=1S/C16H25NO/c1-12-5-7-13(8-6-12)11-17-15-3-2-4-16-14(15)9-10-18-16/h9-10,12-13,15,17H,2-8,11H2,1H3. The van der Waals surface area contributed by atoms with Gasteiger partial charge in [-0.3, -0.25) is 0 Å². The predicted octanol–water partition coefficient (Wildman–Crippen LogP) is 4.07. The summed E-state index contributed by atoms with van der Waals surface area (Å²) in [5, 5.41) is 3.79. The number of aryl methyl sites for hydroxylation is 1. The number of hydrogen-bond acceptors (Lipinski definition) is 2. The second-order valence-electron chi connectivity index (χ2n) is 6.28. The molecule has 1 fully saturated rings. The Labute approximate surface area is 110 Å². The van der Waals surface area contributed by atoms with Crippen molar-refractivity contribution in [3.05, 3.63) is 23.7 Å². The van der Waals surface area contributed by atoms with Crippen LogP contribution in [-0.4, -0.2) is 6.54 Å². The summed E-state index contributed by atoms with van der Waals surface area (Å²) < 4.78 is 5.55. The summed E-state index contributed by atoms with van der Waals surface area (Å²) in [6.07, 6.45) is 11.2. The Morgan fingerprint density at radius 2 is 2.06 bits per heavy atom. The first-order valence-corrected chi connectivity index (χ1v) is 7.62. The molecule has 0 aromatic carbocycles. The lowest BCUT2D eigenvalue weighted by Gasteiger charge is -2.29. The lowest BCUT2D eigenvalue weighted by Crippen LogP contribution is -2.31. The lowest BCUT2D eigenvalue weighted by molar-refractivity contribution is 0.269. The van der Waals surface area contributed by atoms with Gasteiger partial charge in [-0.15, -0.1) is 0 Å². The summed E-state index contributed by atoms with van der Waals surface area (Å²) in [4.78, 5) is 0. The number of hydrogen-bond donors (Lipinski definition) is 1. The van der Waals surface area contributed by atoms with Crippen LogP contribution in [0.25, 0.3) is 0 Å². The number of fused-ring (bicyclic) bond motifs is 1. The Hall–Kier alpha value is -0.760. The molecule has 1 unspecified atom stereocenters. The quantitative estimate of drug-likeness (QED) is 0.871. The minimum Gasteiger partial charge on any atom is -0.469 e. The van der Waals surface area contributed by atoms with Crippen molar-refractivity contribution in [1.82, 2.24) is 5.32 Å². The van der Waals surface area contributed by atoms with Gasteiger partial charge in [-0.25, -0.2) is 0 Å². The lowest BCUT2D eigenvalue weighted by atomic mass is 9.82. The normalized spacial score (nSPS) is 32.2. The largest absolute Gasteiger partial charge is 0.469 e. The fourth-order valence-corrected chi connectivity index (χ4v) is 3.54. The van der Waals surface area contributed by atoms with Gasteiger partial charge >= 0.3 is 0 Å². The Balaban J connectivity index is 1.52. The SMILES string of the molecule is CC1CCC(CNC2CCCc3occc32)CC1. The molecule has 0 radical (unpaired) electrons. The maximum absolute atomic E-state index is 5.55. The zero-order chi connectivity index (χ0) is 12.4. The molecule has 1 atom stereocenters. The first-order valence-electron chi connectivity index (χ1n) is 7.62. The average Bonchev–Trinajstić information content (AvgIpc) is 2.87. The van der Waals surface area contributed by atoms with Crippen LogP contribution in [0.5, 0.6) is 0 Å². The van der Waals surface area contributed by atoms with Crippen LogP contribution in [0.3, 0.4) is 0 Å². The molecule has 0 spiro atoms. The Kier molecular flexibility index (Phi) is 3.74. The van der Waals surface area contributed by atoms with Gasteiger partial charge in [0, 0.05) is 18.0 Å². The molecule has 1 aromatic rings. The summed E-state index contributed by atoms with van der Waals surface area (Å²) >= 11 is 0. The van der Waals surface area contributed by atoms with Gasteiger partial charge in [0.25, 0.3) is 0 Å². The zero-order valence-corrected chi connectivity index (χ0v) is 11.5. The second kappa shape index (κ2) is 5.48. The van der Waals surface area contributed by atoms with Crippen molar-refractivity contribution in [2.45, 2.75) is 57.9 Å². The molecule has 18 heavy (non-hydrogen) atoms. The molecule has 2 aliphatic carbocycles. The second-order valence-corrected chi connectivity index (χ2v) is 6.28. The molecule has 2 heteroatoms. The van der Waals surface area contributed by atoms with Crippen LogP contribution in [0.2, 0.25) is 0 Å². The summed E-state index contributed by atoms with van der Waals surface area (Å²) in [5.74, 6) is 3.07. The van der Waals surface area contributed by atoms with Gasteiger partial charge < -0.3 is 9.73 Å². The molecule has 1 saturated carbocycles. The van der Waals surface area contributed by atoms with E-state index in [9.17, 15) is 0 Å². The highest BCUT2D eigenvalue weighted by molar-refractivity contribution is 5.23. The maximum Gasteiger partial charge on any atom is 0.108 e. The van der Waals surface area contributed by atoms with Gasteiger partial charge in [0.05, 0.1) is 6.26 Å². The molecule has 2 aliphatic rings. The van der Waals surface area contributed by atoms with Crippen molar-refractivity contribution in [2.24, 2.45) is 11.8 Å². The van der Waals surface area contributed by atoms with E-state index >= 15 is 0 Å². The van der Waals surface area contributed by atoms with Gasteiger partial charge in [0.2, 0.25) is 0 Å². The molecule has 1 aromatic heterocycles. The van der Waals surface area contributed by atoms with E-state index in [1.54, 1.807) is 0 Å². The van der Waals surface area contributed by atoms with E-state index in [-0.39, 0.29) is 0 Å². The molecule has 0 saturated heterocycles. The van der Waals surface area contributed by atoms with E-state index in [0.717, 1.165) is 18.3 Å². The van der Waals surface area contributed by atoms with Crippen molar-refractivity contribution >= 4 is 0 Å². The summed E-state index contributed by atoms with van der Waals surface area (Å²) in [6, 6.07) is 2.71. The maximum atomic E-state index is 5.55. The smallest absolute Gasteiger partial charge is 0.108 e. The van der Waals surface area contributed by atoms with E-state index in [1.807, 2.05) is 6.26 Å². The van der Waals surface area contributed by atoms with Crippen molar-refractivity contribution in [3.63, 3.8) is 0 Å². The predicted molar refractivity (Wildman–Crippen MR) is 73.5 cm³/mol. The van der Waals surface area contributed by atoms with Gasteiger partial charge in [-0.1, -0.05) is 19.8 Å². The highest BCUT2D eigenvalue weighted by Crippen LogP contribution is 2.32. The zero-order valence-electron chi connectivity index (χ0n) is 11.5. The summed E-state index contributed by atoms with van der Waals surface area (Å²) in [6.45, 7) is 3.59. The van der Waals surface area contributed by atoms with Crippen molar-refractivity contribution in [3.8, 4) is 0 Å². The molecule has 0 amide bonds. The van der Waals surface area contributed by atoms with Crippen LogP contribution in [0, 0.1) is 11.8 Å². The van der Waals surface area contributed by atoms with Gasteiger partial charge in [0.1, 0.15) is 5.76 Å². The highest BCUT2D eigenvalue weighted by atomic mass is 16.3. The third kappa shape index (κ3) is 2.64. The Bertz CT molecular complexity index is 376. The molecule has 1 heterocycles. The van der Waals surface area contributed by atoms with Crippen LogP contribution < -0.4 is 5.32 Å². The Morgan fingerprint density at radius 3 is 2.89 bits per heavy atom. The van der Waals surface area contributed by atoms with Crippen molar-refractivity contribution in [1.29, 1.82) is 0 Å². The van der Waals surface area contributed by atoms with Crippen LogP contribution in [0.1, 0.15) is 62.8 Å². The minimum absolute atomic E-state index is 0.548. The molecular weight excluding hydrogens is 222 g/mol. The van der Waals surface area contributed by atoms with Gasteiger partial charge in [0.15, 0.2) is 0 Å².